The topological polar surface area (TPSA) is 128 Å². The average Bonchev–Trinajstić information content (AvgIpc) is 3.69. The maximum Gasteiger partial charge on any atom is 0.240 e. The number of benzene rings is 2. The number of nitrogens with two attached hydrogens (primary N) is 1. The number of pyridine rings is 2. The number of methoxy groups -OCH3 is 1. The zero-order valence-electron chi connectivity index (χ0n) is 19.2. The molecule has 4 N–H and O–H groups in total. The highest BCUT2D eigenvalue weighted by atomic mass is 19.1. The Morgan fingerprint density at radius 3 is 2.14 bits per heavy atom. The molecule has 0 saturated heterocycles. The number of halogens is 1. The van der Waals surface area contributed by atoms with Gasteiger partial charge in [-0.15, -0.1) is 0 Å². The van der Waals surface area contributed by atoms with Gasteiger partial charge >= 0.3 is 0 Å². The van der Waals surface area contributed by atoms with Gasteiger partial charge < -0.3 is 25.8 Å². The highest BCUT2D eigenvalue weighted by Gasteiger charge is 2.56. The Bertz CT molecular complexity index is 1450. The van der Waals surface area contributed by atoms with Gasteiger partial charge in [-0.1, -0.05) is 0 Å². The van der Waals surface area contributed by atoms with Gasteiger partial charge in [0.05, 0.1) is 12.6 Å². The van der Waals surface area contributed by atoms with Crippen molar-refractivity contribution in [1.29, 1.82) is 0 Å². The molecule has 2 heterocycles. The molecule has 10 heteroatoms. The summed E-state index contributed by atoms with van der Waals surface area (Å²) in [5.74, 6) is 0.388. The first-order valence-corrected chi connectivity index (χ1v) is 11.1. The highest BCUT2D eigenvalue weighted by Crippen LogP contribution is 2.47. The lowest BCUT2D eigenvalue weighted by atomic mass is 10.0. The largest absolute Gasteiger partial charge is 0.493 e. The van der Waals surface area contributed by atoms with E-state index < -0.39 is 23.0 Å². The molecule has 0 spiro atoms. The molecule has 0 unspecified atom stereocenters. The summed E-state index contributed by atoms with van der Waals surface area (Å²) in [6.07, 6.45) is 2.46. The SMILES string of the molecule is COc1cc2nccc(Oc3ccc(NC(=O)C4(C(=O)Nc5ccc(F)cc5)CC4)cc3)c2nc1N. The van der Waals surface area contributed by atoms with Crippen LogP contribution in [-0.4, -0.2) is 28.9 Å². The fraction of sp³-hybridized carbons (Fsp3) is 0.154. The fourth-order valence-electron chi connectivity index (χ4n) is 3.74. The number of ether oxygens (including phenoxy) is 2. The molecule has 2 amide bonds. The molecule has 0 radical (unpaired) electrons. The zero-order valence-corrected chi connectivity index (χ0v) is 19.2. The lowest BCUT2D eigenvalue weighted by molar-refractivity contribution is -0.131. The summed E-state index contributed by atoms with van der Waals surface area (Å²) in [6.45, 7) is 0. The minimum atomic E-state index is -1.15. The number of nitrogens with one attached hydrogen (secondary N) is 2. The molecule has 0 atom stereocenters. The van der Waals surface area contributed by atoms with E-state index in [0.29, 0.717) is 52.5 Å². The molecule has 2 aromatic carbocycles. The quantitative estimate of drug-likeness (QED) is 0.327. The summed E-state index contributed by atoms with van der Waals surface area (Å²) in [7, 11) is 1.50. The molecule has 0 aliphatic heterocycles. The molecule has 182 valence electrons. The van der Waals surface area contributed by atoms with Crippen LogP contribution in [0.3, 0.4) is 0 Å². The van der Waals surface area contributed by atoms with Gasteiger partial charge in [0.2, 0.25) is 11.8 Å². The van der Waals surface area contributed by atoms with Crippen LogP contribution in [0.25, 0.3) is 11.0 Å². The van der Waals surface area contributed by atoms with E-state index >= 15 is 0 Å². The first-order chi connectivity index (χ1) is 17.4. The van der Waals surface area contributed by atoms with Crippen molar-refractivity contribution in [2.24, 2.45) is 5.41 Å². The number of nitrogens with zero attached hydrogens (tertiary/aromatic N) is 2. The van der Waals surface area contributed by atoms with Crippen molar-refractivity contribution < 1.29 is 23.5 Å². The summed E-state index contributed by atoms with van der Waals surface area (Å²) in [5.41, 5.74) is 6.78. The van der Waals surface area contributed by atoms with E-state index in [4.69, 9.17) is 15.2 Å². The van der Waals surface area contributed by atoms with E-state index in [1.807, 2.05) is 0 Å². The van der Waals surface area contributed by atoms with Crippen molar-refractivity contribution in [3.8, 4) is 17.2 Å². The number of rotatable bonds is 7. The Labute approximate surface area is 205 Å². The minimum absolute atomic E-state index is 0.221. The molecule has 9 nitrogen and oxygen atoms in total. The predicted octanol–water partition coefficient (Wildman–Crippen LogP) is 4.51. The van der Waals surface area contributed by atoms with Crippen molar-refractivity contribution in [2.75, 3.05) is 23.5 Å². The van der Waals surface area contributed by atoms with E-state index in [0.717, 1.165) is 0 Å². The highest BCUT2D eigenvalue weighted by molar-refractivity contribution is 6.16. The van der Waals surface area contributed by atoms with E-state index in [2.05, 4.69) is 20.6 Å². The molecule has 36 heavy (non-hydrogen) atoms. The Kier molecular flexibility index (Phi) is 5.85. The predicted molar refractivity (Wildman–Crippen MR) is 132 cm³/mol. The smallest absolute Gasteiger partial charge is 0.240 e. The number of fused-ring (bicyclic) bond motifs is 1. The van der Waals surface area contributed by atoms with Crippen LogP contribution >= 0.6 is 0 Å². The van der Waals surface area contributed by atoms with Crippen LogP contribution in [0.5, 0.6) is 17.2 Å². The maximum atomic E-state index is 13.1. The molecule has 4 aromatic rings. The molecule has 1 aliphatic carbocycles. The van der Waals surface area contributed by atoms with Crippen molar-refractivity contribution in [3.05, 3.63) is 72.7 Å². The third kappa shape index (κ3) is 4.48. The van der Waals surface area contributed by atoms with Crippen LogP contribution in [0.4, 0.5) is 21.6 Å². The summed E-state index contributed by atoms with van der Waals surface area (Å²) in [5, 5.41) is 5.48. The van der Waals surface area contributed by atoms with Gasteiger partial charge in [0.25, 0.3) is 0 Å². The molecular formula is C26H22FN5O4. The average molecular weight is 487 g/mol. The van der Waals surface area contributed by atoms with Crippen molar-refractivity contribution >= 4 is 40.0 Å². The van der Waals surface area contributed by atoms with Crippen LogP contribution in [-0.2, 0) is 9.59 Å². The number of hydrogen-bond donors (Lipinski definition) is 3. The second kappa shape index (κ2) is 9.14. The van der Waals surface area contributed by atoms with Crippen molar-refractivity contribution in [1.82, 2.24) is 9.97 Å². The second-order valence-corrected chi connectivity index (χ2v) is 8.38. The molecular weight excluding hydrogens is 465 g/mol. The summed E-state index contributed by atoms with van der Waals surface area (Å²) < 4.78 is 24.3. The maximum absolute atomic E-state index is 13.1. The van der Waals surface area contributed by atoms with Crippen molar-refractivity contribution in [2.45, 2.75) is 12.8 Å². The van der Waals surface area contributed by atoms with Gasteiger partial charge in [0, 0.05) is 29.7 Å². The molecule has 5 rings (SSSR count). The number of anilines is 3. The molecule has 0 bridgehead atoms. The molecule has 1 saturated carbocycles. The Morgan fingerprint density at radius 1 is 0.944 bits per heavy atom. The normalized spacial score (nSPS) is 13.6. The van der Waals surface area contributed by atoms with Gasteiger partial charge in [0.1, 0.15) is 22.5 Å². The van der Waals surface area contributed by atoms with Crippen LogP contribution in [0.15, 0.2) is 66.9 Å². The fourth-order valence-corrected chi connectivity index (χ4v) is 3.74. The lowest BCUT2D eigenvalue weighted by Crippen LogP contribution is -2.35. The standard InChI is InChI=1S/C26H22FN5O4/c1-35-21-14-19-22(32-23(21)28)20(10-13-29-19)36-18-8-6-17(7-9-18)31-25(34)26(11-12-26)24(33)30-16-4-2-15(27)3-5-16/h2-10,13-14H,11-12H2,1H3,(H2,28,32)(H,30,33)(H,31,34). The first-order valence-electron chi connectivity index (χ1n) is 11.1. The third-order valence-corrected chi connectivity index (χ3v) is 5.95. The molecule has 2 aromatic heterocycles. The van der Waals surface area contributed by atoms with Crippen LogP contribution in [0, 0.1) is 11.2 Å². The van der Waals surface area contributed by atoms with Crippen LogP contribution in [0.1, 0.15) is 12.8 Å². The number of carbonyl (C=O) groups excluding carboxylic acids is 2. The summed E-state index contributed by atoms with van der Waals surface area (Å²) in [4.78, 5) is 34.2. The molecule has 1 aliphatic rings. The second-order valence-electron chi connectivity index (χ2n) is 8.38. The number of amides is 2. The van der Waals surface area contributed by atoms with Gasteiger partial charge in [-0.3, -0.25) is 14.6 Å². The third-order valence-electron chi connectivity index (χ3n) is 5.95. The van der Waals surface area contributed by atoms with Gasteiger partial charge in [-0.05, 0) is 61.4 Å². The number of nitrogen functional groups attached to an aromatic ring is 1. The Hall–Kier alpha value is -4.73. The van der Waals surface area contributed by atoms with E-state index in [9.17, 15) is 14.0 Å². The summed E-state index contributed by atoms with van der Waals surface area (Å²) >= 11 is 0. The monoisotopic (exact) mass is 487 g/mol. The Balaban J connectivity index is 1.26. The molecule has 1 fully saturated rings. The van der Waals surface area contributed by atoms with Gasteiger partial charge in [-0.25, -0.2) is 9.37 Å². The van der Waals surface area contributed by atoms with Crippen LogP contribution < -0.4 is 25.8 Å². The number of hydrogen-bond acceptors (Lipinski definition) is 7. The van der Waals surface area contributed by atoms with E-state index in [-0.39, 0.29) is 5.82 Å². The van der Waals surface area contributed by atoms with E-state index in [1.54, 1.807) is 42.6 Å². The van der Waals surface area contributed by atoms with Crippen molar-refractivity contribution in [3.63, 3.8) is 0 Å². The van der Waals surface area contributed by atoms with Gasteiger partial charge in [0.15, 0.2) is 17.3 Å². The van der Waals surface area contributed by atoms with Gasteiger partial charge in [-0.2, -0.15) is 0 Å². The Morgan fingerprint density at radius 2 is 1.56 bits per heavy atom. The minimum Gasteiger partial charge on any atom is -0.493 e. The number of aromatic nitrogens is 2. The summed E-state index contributed by atoms with van der Waals surface area (Å²) in [6, 6.07) is 15.5. The lowest BCUT2D eigenvalue weighted by Gasteiger charge is -2.16. The first kappa shape index (κ1) is 23.0. The van der Waals surface area contributed by atoms with E-state index in [1.165, 1.54) is 31.4 Å². The van der Waals surface area contributed by atoms with Crippen LogP contribution in [0.2, 0.25) is 0 Å². The zero-order chi connectivity index (χ0) is 25.3. The number of carbonyl (C=O) groups is 2.